The molecule has 104 valence electrons. The van der Waals surface area contributed by atoms with Crippen molar-refractivity contribution in [1.82, 2.24) is 4.90 Å². The quantitative estimate of drug-likeness (QED) is 0.684. The van der Waals surface area contributed by atoms with Crippen LogP contribution in [0.15, 0.2) is 0 Å². The number of amides is 1. The minimum Gasteiger partial charge on any atom is -0.468 e. The van der Waals surface area contributed by atoms with E-state index < -0.39 is 0 Å². The summed E-state index contributed by atoms with van der Waals surface area (Å²) in [6.07, 6.45) is 6.20. The fourth-order valence-electron chi connectivity index (χ4n) is 2.65. The van der Waals surface area contributed by atoms with E-state index in [2.05, 4.69) is 6.92 Å². The molecule has 0 saturated heterocycles. The molecule has 1 atom stereocenters. The van der Waals surface area contributed by atoms with E-state index >= 15 is 0 Å². The van der Waals surface area contributed by atoms with Crippen molar-refractivity contribution in [3.8, 4) is 0 Å². The van der Waals surface area contributed by atoms with Crippen molar-refractivity contribution in [2.75, 3.05) is 13.7 Å². The Morgan fingerprint density at radius 3 is 2.44 bits per heavy atom. The highest BCUT2D eigenvalue weighted by Crippen LogP contribution is 2.25. The van der Waals surface area contributed by atoms with Gasteiger partial charge in [-0.15, -0.1) is 0 Å². The van der Waals surface area contributed by atoms with Gasteiger partial charge in [-0.25, -0.2) is 0 Å². The first-order chi connectivity index (χ1) is 8.60. The highest BCUT2D eigenvalue weighted by molar-refractivity contribution is 5.83. The lowest BCUT2D eigenvalue weighted by Gasteiger charge is -2.30. The number of carbonyl (C=O) groups excluding carboxylic acids is 2. The number of hydrogen-bond acceptors (Lipinski definition) is 3. The molecule has 1 fully saturated rings. The zero-order valence-corrected chi connectivity index (χ0v) is 11.8. The van der Waals surface area contributed by atoms with Gasteiger partial charge in [-0.3, -0.25) is 9.59 Å². The van der Waals surface area contributed by atoms with E-state index in [1.54, 1.807) is 4.90 Å². The Bertz CT molecular complexity index is 285. The summed E-state index contributed by atoms with van der Waals surface area (Å²) in [6.45, 7) is 4.13. The van der Waals surface area contributed by atoms with Gasteiger partial charge in [-0.2, -0.15) is 0 Å². The van der Waals surface area contributed by atoms with Crippen molar-refractivity contribution in [3.63, 3.8) is 0 Å². The highest BCUT2D eigenvalue weighted by atomic mass is 16.5. The van der Waals surface area contributed by atoms with Gasteiger partial charge in [0.05, 0.1) is 7.11 Å². The van der Waals surface area contributed by atoms with Crippen molar-refractivity contribution < 1.29 is 14.3 Å². The lowest BCUT2D eigenvalue weighted by molar-refractivity contribution is -0.150. The Kier molecular flexibility index (Phi) is 6.16. The van der Waals surface area contributed by atoms with Gasteiger partial charge >= 0.3 is 5.97 Å². The molecule has 4 nitrogen and oxygen atoms in total. The van der Waals surface area contributed by atoms with Crippen LogP contribution in [0.2, 0.25) is 0 Å². The molecule has 0 bridgehead atoms. The molecule has 0 aromatic rings. The van der Waals surface area contributed by atoms with E-state index in [0.29, 0.717) is 0 Å². The predicted molar refractivity (Wildman–Crippen MR) is 70.1 cm³/mol. The third-order valence-electron chi connectivity index (χ3n) is 3.72. The molecule has 1 aliphatic rings. The molecule has 0 N–H and O–H groups in total. The molecule has 4 heteroatoms. The number of carbonyl (C=O) groups is 2. The van der Waals surface area contributed by atoms with Crippen molar-refractivity contribution in [3.05, 3.63) is 0 Å². The molecule has 0 aromatic heterocycles. The molecule has 0 aliphatic heterocycles. The fraction of sp³-hybridized carbons (Fsp3) is 0.857. The molecular weight excluding hydrogens is 230 g/mol. The second kappa shape index (κ2) is 7.39. The maximum absolute atomic E-state index is 12.4. The van der Waals surface area contributed by atoms with Crippen molar-refractivity contribution in [2.45, 2.75) is 58.4 Å². The number of esters is 1. The standard InChI is InChI=1S/C14H25NO3/c1-4-7-11(2)14(17)15(10-13(16)18-3)12-8-5-6-9-12/h11-12H,4-10H2,1-3H3. The lowest BCUT2D eigenvalue weighted by Crippen LogP contribution is -2.45. The van der Waals surface area contributed by atoms with Crippen LogP contribution in [0.3, 0.4) is 0 Å². The summed E-state index contributed by atoms with van der Waals surface area (Å²) in [5.74, 6) is -0.214. The summed E-state index contributed by atoms with van der Waals surface area (Å²) < 4.78 is 4.70. The van der Waals surface area contributed by atoms with Crippen molar-refractivity contribution in [2.24, 2.45) is 5.92 Å². The summed E-state index contributed by atoms with van der Waals surface area (Å²) >= 11 is 0. The summed E-state index contributed by atoms with van der Waals surface area (Å²) in [7, 11) is 1.37. The number of methoxy groups -OCH3 is 1. The van der Waals surface area contributed by atoms with Crippen LogP contribution in [0.5, 0.6) is 0 Å². The minimum atomic E-state index is -0.320. The Balaban J connectivity index is 2.69. The number of hydrogen-bond donors (Lipinski definition) is 0. The average molecular weight is 255 g/mol. The second-order valence-corrected chi connectivity index (χ2v) is 5.17. The molecule has 1 aliphatic carbocycles. The van der Waals surface area contributed by atoms with Gasteiger partial charge in [0.25, 0.3) is 0 Å². The molecule has 1 amide bonds. The van der Waals surface area contributed by atoms with Crippen LogP contribution >= 0.6 is 0 Å². The zero-order chi connectivity index (χ0) is 13.5. The molecule has 1 rings (SSSR count). The highest BCUT2D eigenvalue weighted by Gasteiger charge is 2.30. The first-order valence-corrected chi connectivity index (χ1v) is 6.97. The smallest absolute Gasteiger partial charge is 0.325 e. The van der Waals surface area contributed by atoms with Gasteiger partial charge in [0.1, 0.15) is 6.54 Å². The van der Waals surface area contributed by atoms with Crippen LogP contribution in [-0.2, 0) is 14.3 Å². The molecular formula is C14H25NO3. The van der Waals surface area contributed by atoms with Gasteiger partial charge in [0.2, 0.25) is 5.91 Å². The van der Waals surface area contributed by atoms with E-state index in [9.17, 15) is 9.59 Å². The molecule has 1 unspecified atom stereocenters. The molecule has 1 saturated carbocycles. The van der Waals surface area contributed by atoms with E-state index in [0.717, 1.165) is 38.5 Å². The largest absolute Gasteiger partial charge is 0.468 e. The van der Waals surface area contributed by atoms with Crippen LogP contribution in [0.1, 0.15) is 52.4 Å². The third-order valence-corrected chi connectivity index (χ3v) is 3.72. The van der Waals surface area contributed by atoms with Crippen LogP contribution < -0.4 is 0 Å². The van der Waals surface area contributed by atoms with E-state index in [1.807, 2.05) is 6.92 Å². The number of ether oxygens (including phenoxy) is 1. The van der Waals surface area contributed by atoms with Gasteiger partial charge in [-0.1, -0.05) is 33.1 Å². The van der Waals surface area contributed by atoms with Crippen LogP contribution in [-0.4, -0.2) is 36.5 Å². The Morgan fingerprint density at radius 1 is 1.33 bits per heavy atom. The van der Waals surface area contributed by atoms with Crippen molar-refractivity contribution >= 4 is 11.9 Å². The van der Waals surface area contributed by atoms with Crippen molar-refractivity contribution in [1.29, 1.82) is 0 Å². The van der Waals surface area contributed by atoms with Gasteiger partial charge in [-0.05, 0) is 19.3 Å². The summed E-state index contributed by atoms with van der Waals surface area (Å²) in [5, 5.41) is 0. The average Bonchev–Trinajstić information content (AvgIpc) is 2.88. The summed E-state index contributed by atoms with van der Waals surface area (Å²) in [4.78, 5) is 25.6. The minimum absolute atomic E-state index is 0.000237. The Hall–Kier alpha value is -1.06. The monoisotopic (exact) mass is 255 g/mol. The van der Waals surface area contributed by atoms with Crippen LogP contribution in [0.25, 0.3) is 0 Å². The van der Waals surface area contributed by atoms with E-state index in [-0.39, 0.29) is 30.4 Å². The predicted octanol–water partition coefficient (Wildman–Crippen LogP) is 2.37. The third kappa shape index (κ3) is 4.00. The second-order valence-electron chi connectivity index (χ2n) is 5.17. The van der Waals surface area contributed by atoms with Crippen LogP contribution in [0.4, 0.5) is 0 Å². The first-order valence-electron chi connectivity index (χ1n) is 6.97. The van der Waals surface area contributed by atoms with Gasteiger partial charge < -0.3 is 9.64 Å². The molecule has 18 heavy (non-hydrogen) atoms. The van der Waals surface area contributed by atoms with Gasteiger partial charge in [0, 0.05) is 12.0 Å². The van der Waals surface area contributed by atoms with Crippen LogP contribution in [0, 0.1) is 5.92 Å². The van der Waals surface area contributed by atoms with E-state index in [4.69, 9.17) is 4.74 Å². The molecule has 0 spiro atoms. The Morgan fingerprint density at radius 2 is 1.94 bits per heavy atom. The normalized spacial score (nSPS) is 17.5. The van der Waals surface area contributed by atoms with Gasteiger partial charge in [0.15, 0.2) is 0 Å². The SMILES string of the molecule is CCCC(C)C(=O)N(CC(=O)OC)C1CCCC1. The molecule has 0 heterocycles. The summed E-state index contributed by atoms with van der Waals surface area (Å²) in [5.41, 5.74) is 0. The summed E-state index contributed by atoms with van der Waals surface area (Å²) in [6, 6.07) is 0.232. The topological polar surface area (TPSA) is 46.6 Å². The lowest BCUT2D eigenvalue weighted by atomic mass is 10.0. The molecule has 0 aromatic carbocycles. The van der Waals surface area contributed by atoms with E-state index in [1.165, 1.54) is 7.11 Å². The number of rotatable bonds is 6. The maximum atomic E-state index is 12.4. The number of nitrogens with zero attached hydrogens (tertiary/aromatic N) is 1. The maximum Gasteiger partial charge on any atom is 0.325 e. The zero-order valence-electron chi connectivity index (χ0n) is 11.8. The first kappa shape index (κ1) is 15.0. The molecule has 0 radical (unpaired) electrons. The Labute approximate surface area is 110 Å². The fourth-order valence-corrected chi connectivity index (χ4v) is 2.65.